The van der Waals surface area contributed by atoms with Gasteiger partial charge < -0.3 is 11.1 Å². The lowest BCUT2D eigenvalue weighted by Crippen LogP contribution is -2.27. The normalized spacial score (nSPS) is 11.6. The molecule has 1 atom stereocenters. The first-order valence-corrected chi connectivity index (χ1v) is 6.70. The van der Waals surface area contributed by atoms with Crippen LogP contribution < -0.4 is 11.1 Å². The Balaban J connectivity index is 0.00000324. The van der Waals surface area contributed by atoms with Gasteiger partial charge in [-0.15, -0.1) is 12.4 Å². The zero-order chi connectivity index (χ0) is 13.5. The summed E-state index contributed by atoms with van der Waals surface area (Å²) in [6, 6.07) is 5.44. The second-order valence-corrected chi connectivity index (χ2v) is 5.27. The maximum atomic E-state index is 11.5. The smallest absolute Gasteiger partial charge is 0.220 e. The van der Waals surface area contributed by atoms with E-state index in [0.717, 1.165) is 5.56 Å². The van der Waals surface area contributed by atoms with Gasteiger partial charge in [0.25, 0.3) is 0 Å². The summed E-state index contributed by atoms with van der Waals surface area (Å²) in [7, 11) is 0. The minimum atomic E-state index is 0. The standard InChI is InChI=1S/C13H18Cl2N2O.ClH/c1-9(16)2-3-13(18)17-5-4-10-6-11(14)8-12(15)7-10;/h6-9H,2-5,16H2,1H3,(H,17,18);1H. The molecule has 0 aliphatic heterocycles. The SMILES string of the molecule is CC(N)CCC(=O)NCCc1cc(Cl)cc(Cl)c1.Cl. The molecule has 0 fully saturated rings. The Bertz CT molecular complexity index is 391. The Hall–Kier alpha value is -0.480. The highest BCUT2D eigenvalue weighted by molar-refractivity contribution is 6.34. The topological polar surface area (TPSA) is 55.1 Å². The maximum absolute atomic E-state index is 11.5. The molecule has 108 valence electrons. The molecule has 1 aromatic rings. The van der Waals surface area contributed by atoms with E-state index in [0.29, 0.717) is 35.9 Å². The van der Waals surface area contributed by atoms with E-state index in [9.17, 15) is 4.79 Å². The second kappa shape index (κ2) is 9.43. The van der Waals surface area contributed by atoms with E-state index >= 15 is 0 Å². The van der Waals surface area contributed by atoms with Crippen LogP contribution in [0, 0.1) is 0 Å². The van der Waals surface area contributed by atoms with Gasteiger partial charge in [0.05, 0.1) is 0 Å². The summed E-state index contributed by atoms with van der Waals surface area (Å²) in [5.74, 6) is 0.0282. The Kier molecular flexibility index (Phi) is 9.19. The molecule has 3 nitrogen and oxygen atoms in total. The lowest BCUT2D eigenvalue weighted by atomic mass is 10.1. The highest BCUT2D eigenvalue weighted by atomic mass is 35.5. The number of hydrogen-bond donors (Lipinski definition) is 2. The van der Waals surface area contributed by atoms with Crippen LogP contribution in [0.5, 0.6) is 0 Å². The van der Waals surface area contributed by atoms with Crippen molar-refractivity contribution in [3.05, 3.63) is 33.8 Å². The fourth-order valence-corrected chi connectivity index (χ4v) is 2.12. The van der Waals surface area contributed by atoms with Gasteiger partial charge in [-0.2, -0.15) is 0 Å². The van der Waals surface area contributed by atoms with Gasteiger partial charge in [-0.1, -0.05) is 23.2 Å². The van der Waals surface area contributed by atoms with E-state index in [1.165, 1.54) is 0 Å². The lowest BCUT2D eigenvalue weighted by Gasteiger charge is -2.07. The predicted molar refractivity (Wildman–Crippen MR) is 83.3 cm³/mol. The van der Waals surface area contributed by atoms with Gasteiger partial charge in [0.15, 0.2) is 0 Å². The van der Waals surface area contributed by atoms with Gasteiger partial charge >= 0.3 is 0 Å². The van der Waals surface area contributed by atoms with Crippen LogP contribution in [0.3, 0.4) is 0 Å². The average molecular weight is 326 g/mol. The maximum Gasteiger partial charge on any atom is 0.220 e. The van der Waals surface area contributed by atoms with Crippen LogP contribution in [0.4, 0.5) is 0 Å². The highest BCUT2D eigenvalue weighted by Crippen LogP contribution is 2.19. The molecule has 6 heteroatoms. The quantitative estimate of drug-likeness (QED) is 0.844. The first-order valence-electron chi connectivity index (χ1n) is 5.94. The fourth-order valence-electron chi connectivity index (χ4n) is 1.55. The number of hydrogen-bond acceptors (Lipinski definition) is 2. The fraction of sp³-hybridized carbons (Fsp3) is 0.462. The molecule has 0 saturated heterocycles. The molecule has 1 aromatic carbocycles. The minimum Gasteiger partial charge on any atom is -0.356 e. The Labute approximate surface area is 130 Å². The lowest BCUT2D eigenvalue weighted by molar-refractivity contribution is -0.121. The molecule has 0 spiro atoms. The molecule has 1 unspecified atom stereocenters. The van der Waals surface area contributed by atoms with Crippen LogP contribution in [0.1, 0.15) is 25.3 Å². The zero-order valence-electron chi connectivity index (χ0n) is 10.8. The summed E-state index contributed by atoms with van der Waals surface area (Å²) in [5.41, 5.74) is 6.60. The van der Waals surface area contributed by atoms with Gasteiger partial charge in [0, 0.05) is 29.1 Å². The van der Waals surface area contributed by atoms with Gasteiger partial charge in [0.1, 0.15) is 0 Å². The average Bonchev–Trinajstić information content (AvgIpc) is 2.25. The molecule has 0 heterocycles. The minimum absolute atomic E-state index is 0. The van der Waals surface area contributed by atoms with Crippen LogP contribution in [-0.4, -0.2) is 18.5 Å². The molecule has 0 aliphatic carbocycles. The Morgan fingerprint density at radius 3 is 2.42 bits per heavy atom. The summed E-state index contributed by atoms with van der Waals surface area (Å²) in [6.07, 6.45) is 1.88. The number of rotatable bonds is 6. The van der Waals surface area contributed by atoms with Crippen molar-refractivity contribution < 1.29 is 4.79 Å². The molecule has 0 bridgehead atoms. The number of carbonyl (C=O) groups is 1. The van der Waals surface area contributed by atoms with Gasteiger partial charge in [-0.05, 0) is 43.5 Å². The number of benzene rings is 1. The van der Waals surface area contributed by atoms with E-state index in [1.807, 2.05) is 19.1 Å². The van der Waals surface area contributed by atoms with Crippen molar-refractivity contribution >= 4 is 41.5 Å². The number of carbonyl (C=O) groups excluding carboxylic acids is 1. The summed E-state index contributed by atoms with van der Waals surface area (Å²) in [5, 5.41) is 4.07. The largest absolute Gasteiger partial charge is 0.356 e. The third-order valence-corrected chi connectivity index (χ3v) is 2.92. The third-order valence-electron chi connectivity index (χ3n) is 2.48. The monoisotopic (exact) mass is 324 g/mol. The molecule has 1 rings (SSSR count). The first kappa shape index (κ1) is 18.5. The number of nitrogens with one attached hydrogen (secondary N) is 1. The van der Waals surface area contributed by atoms with Gasteiger partial charge in [0.2, 0.25) is 5.91 Å². The molecule has 1 amide bonds. The molecule has 0 saturated carbocycles. The number of halogens is 3. The van der Waals surface area contributed by atoms with Crippen molar-refractivity contribution in [3.63, 3.8) is 0 Å². The van der Waals surface area contributed by atoms with Gasteiger partial charge in [-0.25, -0.2) is 0 Å². The zero-order valence-corrected chi connectivity index (χ0v) is 13.1. The molecule has 19 heavy (non-hydrogen) atoms. The molecular weight excluding hydrogens is 307 g/mol. The summed E-state index contributed by atoms with van der Waals surface area (Å²) in [4.78, 5) is 11.5. The van der Waals surface area contributed by atoms with E-state index in [-0.39, 0.29) is 24.4 Å². The van der Waals surface area contributed by atoms with Crippen molar-refractivity contribution in [2.75, 3.05) is 6.54 Å². The number of amides is 1. The molecule has 0 aliphatic rings. The van der Waals surface area contributed by atoms with Crippen molar-refractivity contribution in [1.82, 2.24) is 5.32 Å². The summed E-state index contributed by atoms with van der Waals surface area (Å²) in [6.45, 7) is 2.47. The second-order valence-electron chi connectivity index (χ2n) is 4.39. The molecule has 0 aromatic heterocycles. The highest BCUT2D eigenvalue weighted by Gasteiger charge is 2.03. The van der Waals surface area contributed by atoms with Crippen LogP contribution >= 0.6 is 35.6 Å². The van der Waals surface area contributed by atoms with Crippen LogP contribution in [-0.2, 0) is 11.2 Å². The van der Waals surface area contributed by atoms with Crippen LogP contribution in [0.15, 0.2) is 18.2 Å². The molecule has 0 radical (unpaired) electrons. The van der Waals surface area contributed by atoms with Crippen LogP contribution in [0.2, 0.25) is 10.0 Å². The van der Waals surface area contributed by atoms with Crippen molar-refractivity contribution in [3.8, 4) is 0 Å². The van der Waals surface area contributed by atoms with Crippen molar-refractivity contribution in [1.29, 1.82) is 0 Å². The van der Waals surface area contributed by atoms with E-state index in [1.54, 1.807) is 6.07 Å². The summed E-state index contributed by atoms with van der Waals surface area (Å²) < 4.78 is 0. The molecule has 3 N–H and O–H groups in total. The third kappa shape index (κ3) is 8.32. The first-order chi connectivity index (χ1) is 8.47. The van der Waals surface area contributed by atoms with Crippen molar-refractivity contribution in [2.45, 2.75) is 32.2 Å². The van der Waals surface area contributed by atoms with Gasteiger partial charge in [-0.3, -0.25) is 4.79 Å². The van der Waals surface area contributed by atoms with E-state index < -0.39 is 0 Å². The van der Waals surface area contributed by atoms with E-state index in [4.69, 9.17) is 28.9 Å². The van der Waals surface area contributed by atoms with Crippen molar-refractivity contribution in [2.24, 2.45) is 5.73 Å². The van der Waals surface area contributed by atoms with Crippen LogP contribution in [0.25, 0.3) is 0 Å². The van der Waals surface area contributed by atoms with E-state index in [2.05, 4.69) is 5.32 Å². The Morgan fingerprint density at radius 1 is 1.32 bits per heavy atom. The molecular formula is C13H19Cl3N2O. The summed E-state index contributed by atoms with van der Waals surface area (Å²) >= 11 is 11.8. The predicted octanol–water partition coefficient (Wildman–Crippen LogP) is 3.20. The number of nitrogens with two attached hydrogens (primary N) is 1. The Morgan fingerprint density at radius 2 is 1.89 bits per heavy atom.